The molecule has 1 fully saturated rings. The van der Waals surface area contributed by atoms with E-state index in [1.165, 1.54) is 30.2 Å². The number of hydrogen-bond donors (Lipinski definition) is 2. The molecule has 1 aliphatic heterocycles. The lowest BCUT2D eigenvalue weighted by molar-refractivity contribution is -0.123. The second-order valence-electron chi connectivity index (χ2n) is 7.41. The van der Waals surface area contributed by atoms with Crippen molar-refractivity contribution in [2.24, 2.45) is 0 Å². The topological polar surface area (TPSA) is 131 Å². The third-order valence-electron chi connectivity index (χ3n) is 5.27. The smallest absolute Gasteiger partial charge is 0.338 e. The number of nitrogens with zero attached hydrogens (tertiary/aromatic N) is 1. The highest BCUT2D eigenvalue weighted by Crippen LogP contribution is 2.31. The van der Waals surface area contributed by atoms with Crippen LogP contribution < -0.4 is 10.6 Å². The Labute approximate surface area is 179 Å². The van der Waals surface area contributed by atoms with Crippen molar-refractivity contribution in [1.82, 2.24) is 15.5 Å². The Morgan fingerprint density at radius 3 is 2.48 bits per heavy atom. The highest BCUT2D eigenvalue weighted by Gasteiger charge is 2.40. The van der Waals surface area contributed by atoms with Crippen LogP contribution in [0.2, 0.25) is 0 Å². The van der Waals surface area contributed by atoms with Crippen LogP contribution in [0.3, 0.4) is 0 Å². The third-order valence-corrected chi connectivity index (χ3v) is 5.27. The Morgan fingerprint density at radius 2 is 1.77 bits per heavy atom. The summed E-state index contributed by atoms with van der Waals surface area (Å²) < 4.78 is 9.68. The number of methoxy groups -OCH3 is 1. The van der Waals surface area contributed by atoms with Gasteiger partial charge in [-0.05, 0) is 31.0 Å². The Morgan fingerprint density at radius 1 is 1.06 bits per heavy atom. The molecule has 10 nitrogen and oxygen atoms in total. The van der Waals surface area contributed by atoms with Gasteiger partial charge < -0.3 is 14.8 Å². The van der Waals surface area contributed by atoms with Gasteiger partial charge in [0.25, 0.3) is 17.7 Å². The number of benzene rings is 1. The van der Waals surface area contributed by atoms with Crippen LogP contribution in [0, 0.1) is 0 Å². The first-order valence-electron chi connectivity index (χ1n) is 10.2. The zero-order valence-corrected chi connectivity index (χ0v) is 17.3. The van der Waals surface area contributed by atoms with Gasteiger partial charge in [0.2, 0.25) is 0 Å². The molecule has 0 radical (unpaired) electrons. The molecule has 31 heavy (non-hydrogen) atoms. The predicted octanol–water partition coefficient (Wildman–Crippen LogP) is 1.24. The average molecular weight is 431 g/mol. The van der Waals surface area contributed by atoms with E-state index in [4.69, 9.17) is 9.47 Å². The predicted molar refractivity (Wildman–Crippen MR) is 108 cm³/mol. The van der Waals surface area contributed by atoms with Crippen LogP contribution >= 0.6 is 0 Å². The van der Waals surface area contributed by atoms with E-state index in [1.807, 2.05) is 5.32 Å². The number of esters is 1. The Kier molecular flexibility index (Phi) is 7.35. The normalized spacial score (nSPS) is 16.1. The number of rotatable bonds is 7. The average Bonchev–Trinajstić information content (AvgIpc) is 3.02. The van der Waals surface area contributed by atoms with E-state index in [2.05, 4.69) is 5.32 Å². The summed E-state index contributed by atoms with van der Waals surface area (Å²) in [5.41, 5.74) is 0.465. The Hall–Kier alpha value is -3.27. The van der Waals surface area contributed by atoms with Gasteiger partial charge in [0.15, 0.2) is 6.61 Å². The summed E-state index contributed by atoms with van der Waals surface area (Å²) in [5.74, 6) is -2.40. The standard InChI is InChI=1S/C21H25N3O7/c1-30-10-9-22-21(29)23-17(25)12-31-20(28)13-7-8-15-16(11-13)19(27)24(18(15)26)14-5-3-2-4-6-14/h7-8,11,14H,2-6,9-10,12H2,1H3,(H2,22,23,25,29). The fraction of sp³-hybridized carbons (Fsp3) is 0.476. The lowest BCUT2D eigenvalue weighted by Crippen LogP contribution is -2.42. The quantitative estimate of drug-likeness (QED) is 0.377. The first kappa shape index (κ1) is 22.4. The molecule has 166 valence electrons. The minimum Gasteiger partial charge on any atom is -0.452 e. The van der Waals surface area contributed by atoms with Gasteiger partial charge in [0, 0.05) is 19.7 Å². The van der Waals surface area contributed by atoms with E-state index in [0.717, 1.165) is 32.1 Å². The lowest BCUT2D eigenvalue weighted by Gasteiger charge is -2.29. The monoisotopic (exact) mass is 431 g/mol. The zero-order valence-electron chi connectivity index (χ0n) is 17.3. The van der Waals surface area contributed by atoms with Crippen molar-refractivity contribution in [2.75, 3.05) is 26.9 Å². The molecule has 1 aromatic rings. The second-order valence-corrected chi connectivity index (χ2v) is 7.41. The molecule has 0 aromatic heterocycles. The maximum absolute atomic E-state index is 12.8. The van der Waals surface area contributed by atoms with Crippen LogP contribution in [-0.4, -0.2) is 67.5 Å². The van der Waals surface area contributed by atoms with Crippen molar-refractivity contribution >= 4 is 29.7 Å². The number of carbonyl (C=O) groups excluding carboxylic acids is 5. The van der Waals surface area contributed by atoms with Crippen LogP contribution in [0.15, 0.2) is 18.2 Å². The van der Waals surface area contributed by atoms with Crippen LogP contribution in [0.25, 0.3) is 0 Å². The minimum absolute atomic E-state index is 0.0442. The summed E-state index contributed by atoms with van der Waals surface area (Å²) in [6, 6.07) is 3.28. The van der Waals surface area contributed by atoms with Gasteiger partial charge in [-0.2, -0.15) is 0 Å². The van der Waals surface area contributed by atoms with Gasteiger partial charge in [0.05, 0.1) is 23.3 Å². The molecule has 2 N–H and O–H groups in total. The first-order valence-corrected chi connectivity index (χ1v) is 10.2. The van der Waals surface area contributed by atoms with Gasteiger partial charge in [-0.1, -0.05) is 19.3 Å². The number of nitrogens with one attached hydrogen (secondary N) is 2. The zero-order chi connectivity index (χ0) is 22.4. The molecule has 3 rings (SSSR count). The highest BCUT2D eigenvalue weighted by atomic mass is 16.5. The number of fused-ring (bicyclic) bond motifs is 1. The fourth-order valence-corrected chi connectivity index (χ4v) is 3.75. The molecule has 1 saturated carbocycles. The number of carbonyl (C=O) groups is 5. The molecule has 0 saturated heterocycles. The molecule has 0 bridgehead atoms. The fourth-order valence-electron chi connectivity index (χ4n) is 3.75. The Balaban J connectivity index is 1.58. The van der Waals surface area contributed by atoms with Crippen molar-refractivity contribution in [3.05, 3.63) is 34.9 Å². The molecule has 0 unspecified atom stereocenters. The summed E-state index contributed by atoms with van der Waals surface area (Å²) >= 11 is 0. The molecule has 5 amide bonds. The van der Waals surface area contributed by atoms with Crippen LogP contribution in [0.5, 0.6) is 0 Å². The molecule has 0 atom stereocenters. The number of ether oxygens (including phenoxy) is 2. The number of hydrogen-bond acceptors (Lipinski definition) is 7. The van der Waals surface area contributed by atoms with Crippen molar-refractivity contribution in [3.8, 4) is 0 Å². The largest absolute Gasteiger partial charge is 0.452 e. The summed E-state index contributed by atoms with van der Waals surface area (Å²) in [7, 11) is 1.47. The second kappa shape index (κ2) is 10.2. The first-order chi connectivity index (χ1) is 14.9. The summed E-state index contributed by atoms with van der Waals surface area (Å²) in [4.78, 5) is 62.3. The van der Waals surface area contributed by atoms with Crippen LogP contribution in [-0.2, 0) is 14.3 Å². The number of amides is 5. The highest BCUT2D eigenvalue weighted by molar-refractivity contribution is 6.22. The molecule has 1 aromatic carbocycles. The lowest BCUT2D eigenvalue weighted by atomic mass is 9.94. The molecule has 10 heteroatoms. The maximum Gasteiger partial charge on any atom is 0.338 e. The van der Waals surface area contributed by atoms with Gasteiger partial charge in [-0.25, -0.2) is 9.59 Å². The van der Waals surface area contributed by atoms with E-state index in [9.17, 15) is 24.0 Å². The van der Waals surface area contributed by atoms with Crippen LogP contribution in [0.1, 0.15) is 63.2 Å². The van der Waals surface area contributed by atoms with E-state index >= 15 is 0 Å². The van der Waals surface area contributed by atoms with Crippen molar-refractivity contribution in [2.45, 2.75) is 38.1 Å². The summed E-state index contributed by atoms with van der Waals surface area (Å²) in [5, 5.41) is 4.41. The molecule has 1 heterocycles. The SMILES string of the molecule is COCCNC(=O)NC(=O)COC(=O)c1ccc2c(c1)C(=O)N(C1CCCCC1)C2=O. The molecule has 2 aliphatic rings. The van der Waals surface area contributed by atoms with Gasteiger partial charge in [0.1, 0.15) is 0 Å². The van der Waals surface area contributed by atoms with E-state index in [-0.39, 0.29) is 41.8 Å². The minimum atomic E-state index is -0.839. The van der Waals surface area contributed by atoms with Gasteiger partial charge >= 0.3 is 12.0 Å². The number of urea groups is 1. The van der Waals surface area contributed by atoms with Gasteiger partial charge in [-0.15, -0.1) is 0 Å². The van der Waals surface area contributed by atoms with E-state index in [0.29, 0.717) is 0 Å². The maximum atomic E-state index is 12.8. The third kappa shape index (κ3) is 5.26. The summed E-state index contributed by atoms with van der Waals surface area (Å²) in [6.07, 6.45) is 4.62. The van der Waals surface area contributed by atoms with E-state index in [1.54, 1.807) is 0 Å². The van der Waals surface area contributed by atoms with Crippen molar-refractivity contribution in [1.29, 1.82) is 0 Å². The molecular formula is C21H25N3O7. The molecular weight excluding hydrogens is 406 g/mol. The van der Waals surface area contributed by atoms with E-state index < -0.39 is 30.4 Å². The molecule has 0 spiro atoms. The van der Waals surface area contributed by atoms with Crippen LogP contribution in [0.4, 0.5) is 4.79 Å². The van der Waals surface area contributed by atoms with Gasteiger partial charge in [-0.3, -0.25) is 24.6 Å². The molecule has 1 aliphatic carbocycles. The summed E-state index contributed by atoms with van der Waals surface area (Å²) in [6.45, 7) is -0.168. The Bertz CT molecular complexity index is 893. The van der Waals surface area contributed by atoms with Crippen molar-refractivity contribution < 1.29 is 33.4 Å². The van der Waals surface area contributed by atoms with Crippen molar-refractivity contribution in [3.63, 3.8) is 0 Å². The number of imide groups is 2.